The molecule has 0 aromatic heterocycles. The summed E-state index contributed by atoms with van der Waals surface area (Å²) in [4.78, 5) is 12.8. The van der Waals surface area contributed by atoms with E-state index in [1.54, 1.807) is 45.6 Å². The van der Waals surface area contributed by atoms with Crippen LogP contribution in [0.3, 0.4) is 0 Å². The second kappa shape index (κ2) is 7.78. The molecule has 140 valence electrons. The lowest BCUT2D eigenvalue weighted by Gasteiger charge is -2.36. The minimum absolute atomic E-state index is 0.178. The Bertz CT molecular complexity index is 820. The number of nitrogens with one attached hydrogen (secondary N) is 1. The van der Waals surface area contributed by atoms with Gasteiger partial charge in [-0.1, -0.05) is 30.3 Å². The van der Waals surface area contributed by atoms with Crippen molar-refractivity contribution in [1.82, 2.24) is 5.32 Å². The molecule has 2 aromatic rings. The average molecular weight is 365 g/mol. The zero-order valence-corrected chi connectivity index (χ0v) is 15.6. The Balaban J connectivity index is 1.99. The van der Waals surface area contributed by atoms with E-state index in [0.29, 0.717) is 5.56 Å². The Morgan fingerprint density at radius 1 is 0.815 bits per heavy atom. The molecular formula is C22H23NO4. The molecule has 0 saturated carbocycles. The van der Waals surface area contributed by atoms with E-state index in [1.807, 2.05) is 54.6 Å². The summed E-state index contributed by atoms with van der Waals surface area (Å²) in [5.74, 6) is -0.383. The Labute approximate surface area is 159 Å². The lowest BCUT2D eigenvalue weighted by atomic mass is 9.84. The van der Waals surface area contributed by atoms with Crippen molar-refractivity contribution in [3.63, 3.8) is 0 Å². The number of methoxy groups -OCH3 is 3. The molecule has 0 fully saturated rings. The number of amides is 1. The topological polar surface area (TPSA) is 56.8 Å². The summed E-state index contributed by atoms with van der Waals surface area (Å²) in [5.41, 5.74) is 0.642. The van der Waals surface area contributed by atoms with Gasteiger partial charge in [-0.3, -0.25) is 4.79 Å². The molecule has 27 heavy (non-hydrogen) atoms. The molecule has 0 saturated heterocycles. The van der Waals surface area contributed by atoms with Crippen molar-refractivity contribution in [3.8, 4) is 5.75 Å². The molecule has 0 bridgehead atoms. The first-order valence-corrected chi connectivity index (χ1v) is 8.59. The van der Waals surface area contributed by atoms with Gasteiger partial charge in [-0.2, -0.15) is 0 Å². The van der Waals surface area contributed by atoms with Gasteiger partial charge < -0.3 is 19.5 Å². The maximum Gasteiger partial charge on any atom is 0.252 e. The zero-order chi connectivity index (χ0) is 19.3. The number of hydrogen-bond acceptors (Lipinski definition) is 4. The fraction of sp³-hybridized carbons (Fsp3) is 0.227. The highest BCUT2D eigenvalue weighted by Gasteiger charge is 2.36. The highest BCUT2D eigenvalue weighted by molar-refractivity contribution is 5.95. The summed E-state index contributed by atoms with van der Waals surface area (Å²) < 4.78 is 16.2. The molecule has 1 aliphatic carbocycles. The summed E-state index contributed by atoms with van der Waals surface area (Å²) in [7, 11) is 4.76. The van der Waals surface area contributed by atoms with Crippen LogP contribution in [0.4, 0.5) is 0 Å². The fourth-order valence-corrected chi connectivity index (χ4v) is 3.03. The zero-order valence-electron chi connectivity index (χ0n) is 15.6. The Kier molecular flexibility index (Phi) is 5.44. The molecule has 2 aromatic carbocycles. The van der Waals surface area contributed by atoms with E-state index in [4.69, 9.17) is 14.2 Å². The van der Waals surface area contributed by atoms with Crippen molar-refractivity contribution in [1.29, 1.82) is 0 Å². The number of rotatable bonds is 6. The van der Waals surface area contributed by atoms with Crippen LogP contribution in [0.5, 0.6) is 5.75 Å². The predicted octanol–water partition coefficient (Wildman–Crippen LogP) is 3.44. The number of ether oxygens (including phenoxy) is 3. The van der Waals surface area contributed by atoms with Gasteiger partial charge in [0.15, 0.2) is 0 Å². The molecule has 5 nitrogen and oxygen atoms in total. The molecule has 0 atom stereocenters. The number of hydrogen-bond donors (Lipinski definition) is 1. The summed E-state index contributed by atoms with van der Waals surface area (Å²) in [6.45, 7) is 0. The monoisotopic (exact) mass is 365 g/mol. The maximum absolute atomic E-state index is 12.8. The largest absolute Gasteiger partial charge is 0.497 e. The molecule has 1 aliphatic rings. The van der Waals surface area contributed by atoms with Gasteiger partial charge in [-0.25, -0.2) is 0 Å². The Morgan fingerprint density at radius 2 is 1.41 bits per heavy atom. The van der Waals surface area contributed by atoms with Crippen molar-refractivity contribution in [2.45, 2.75) is 11.3 Å². The highest BCUT2D eigenvalue weighted by Crippen LogP contribution is 2.33. The molecule has 0 radical (unpaired) electrons. The maximum atomic E-state index is 12.8. The number of carbonyl (C=O) groups excluding carboxylic acids is 1. The van der Waals surface area contributed by atoms with Gasteiger partial charge in [0.1, 0.15) is 11.3 Å². The van der Waals surface area contributed by atoms with Gasteiger partial charge in [0.2, 0.25) is 5.79 Å². The van der Waals surface area contributed by atoms with Crippen molar-refractivity contribution in [2.24, 2.45) is 0 Å². The van der Waals surface area contributed by atoms with Crippen LogP contribution in [0.1, 0.15) is 15.9 Å². The first-order chi connectivity index (χ1) is 13.1. The average Bonchev–Trinajstić information content (AvgIpc) is 2.75. The van der Waals surface area contributed by atoms with Crippen LogP contribution in [0.15, 0.2) is 78.9 Å². The number of benzene rings is 2. The second-order valence-corrected chi connectivity index (χ2v) is 6.21. The molecule has 0 unspecified atom stereocenters. The van der Waals surface area contributed by atoms with Gasteiger partial charge in [0.05, 0.1) is 7.11 Å². The van der Waals surface area contributed by atoms with E-state index < -0.39 is 11.3 Å². The summed E-state index contributed by atoms with van der Waals surface area (Å²) >= 11 is 0. The molecular weight excluding hydrogens is 342 g/mol. The summed E-state index contributed by atoms with van der Waals surface area (Å²) in [6, 6.07) is 16.7. The third-order valence-corrected chi connectivity index (χ3v) is 4.72. The van der Waals surface area contributed by atoms with E-state index in [9.17, 15) is 4.79 Å². The smallest absolute Gasteiger partial charge is 0.252 e. The van der Waals surface area contributed by atoms with Crippen molar-refractivity contribution in [3.05, 3.63) is 90.0 Å². The Hall–Kier alpha value is -2.89. The summed E-state index contributed by atoms with van der Waals surface area (Å²) in [5, 5.41) is 3.12. The van der Waals surface area contributed by atoms with Crippen LogP contribution in [0, 0.1) is 0 Å². The van der Waals surface area contributed by atoms with E-state index in [-0.39, 0.29) is 5.91 Å². The molecule has 1 N–H and O–H groups in total. The van der Waals surface area contributed by atoms with Crippen molar-refractivity contribution >= 4 is 5.91 Å². The molecule has 0 aliphatic heterocycles. The normalized spacial score (nSPS) is 16.7. The van der Waals surface area contributed by atoms with Crippen LogP contribution in [-0.2, 0) is 15.0 Å². The third-order valence-electron chi connectivity index (χ3n) is 4.72. The lowest BCUT2D eigenvalue weighted by Crippen LogP contribution is -2.46. The second-order valence-electron chi connectivity index (χ2n) is 6.21. The van der Waals surface area contributed by atoms with Crippen LogP contribution < -0.4 is 10.1 Å². The third kappa shape index (κ3) is 3.79. The molecule has 1 amide bonds. The van der Waals surface area contributed by atoms with E-state index in [2.05, 4.69) is 5.32 Å². The van der Waals surface area contributed by atoms with Gasteiger partial charge in [-0.05, 0) is 54.1 Å². The standard InChI is InChI=1S/C22H23NO4/c1-25-19-11-9-18(10-12-19)21(13-15-22(26-2,27-3)16-14-21)23-20(24)17-7-5-4-6-8-17/h4-16H,1-3H3,(H,23,24). The van der Waals surface area contributed by atoms with Crippen molar-refractivity contribution < 1.29 is 19.0 Å². The SMILES string of the molecule is COc1ccc(C2(NC(=O)c3ccccc3)C=CC(OC)(OC)C=C2)cc1. The highest BCUT2D eigenvalue weighted by atomic mass is 16.7. The molecule has 0 spiro atoms. The molecule has 3 rings (SSSR count). The molecule has 5 heteroatoms. The summed E-state index contributed by atoms with van der Waals surface area (Å²) in [6.07, 6.45) is 7.34. The van der Waals surface area contributed by atoms with E-state index in [1.165, 1.54) is 0 Å². The Morgan fingerprint density at radius 3 is 1.93 bits per heavy atom. The minimum Gasteiger partial charge on any atom is -0.497 e. The first kappa shape index (κ1) is 18.9. The van der Waals surface area contributed by atoms with Crippen molar-refractivity contribution in [2.75, 3.05) is 21.3 Å². The van der Waals surface area contributed by atoms with Crippen LogP contribution in [-0.4, -0.2) is 33.0 Å². The van der Waals surface area contributed by atoms with Gasteiger partial charge in [0, 0.05) is 19.8 Å². The van der Waals surface area contributed by atoms with Crippen LogP contribution in [0.2, 0.25) is 0 Å². The predicted molar refractivity (Wildman–Crippen MR) is 104 cm³/mol. The van der Waals surface area contributed by atoms with E-state index in [0.717, 1.165) is 11.3 Å². The fourth-order valence-electron chi connectivity index (χ4n) is 3.03. The minimum atomic E-state index is -0.951. The van der Waals surface area contributed by atoms with E-state index >= 15 is 0 Å². The van der Waals surface area contributed by atoms with Gasteiger partial charge >= 0.3 is 0 Å². The number of carbonyl (C=O) groups is 1. The quantitative estimate of drug-likeness (QED) is 0.629. The lowest BCUT2D eigenvalue weighted by molar-refractivity contribution is -0.134. The van der Waals surface area contributed by atoms with Crippen LogP contribution >= 0.6 is 0 Å². The molecule has 0 heterocycles. The van der Waals surface area contributed by atoms with Gasteiger partial charge in [0.25, 0.3) is 5.91 Å². The van der Waals surface area contributed by atoms with Crippen LogP contribution in [0.25, 0.3) is 0 Å². The van der Waals surface area contributed by atoms with Gasteiger partial charge in [-0.15, -0.1) is 0 Å². The first-order valence-electron chi connectivity index (χ1n) is 8.59.